The maximum atomic E-state index is 13.7. The van der Waals surface area contributed by atoms with Crippen LogP contribution in [0.2, 0.25) is 0 Å². The standard InChI is InChI=1S/C11H17F2N3.2C2H6/c1-10-6-14-16(7-10)9-11(12,13)8-15-4-2-3-5-15;2*1-2/h6-7H,2-5,8-9H2,1H3;2*1-2H3. The summed E-state index contributed by atoms with van der Waals surface area (Å²) >= 11 is 0. The molecule has 0 saturated carbocycles. The van der Waals surface area contributed by atoms with Gasteiger partial charge in [0.25, 0.3) is 5.92 Å². The quantitative estimate of drug-likeness (QED) is 0.836. The molecule has 1 fully saturated rings. The molecule has 1 aliphatic rings. The Balaban J connectivity index is 0.000000829. The Hall–Kier alpha value is -0.970. The van der Waals surface area contributed by atoms with E-state index >= 15 is 0 Å². The molecule has 5 heteroatoms. The molecule has 1 aromatic rings. The SMILES string of the molecule is CC.CC.Cc1cnn(CC(F)(F)CN2CCCC2)c1. The Morgan fingerprint density at radius 3 is 2.10 bits per heavy atom. The molecule has 0 N–H and O–H groups in total. The van der Waals surface area contributed by atoms with Gasteiger partial charge >= 0.3 is 0 Å². The number of rotatable bonds is 4. The van der Waals surface area contributed by atoms with E-state index in [9.17, 15) is 8.78 Å². The van der Waals surface area contributed by atoms with Crippen molar-refractivity contribution in [3.05, 3.63) is 18.0 Å². The van der Waals surface area contributed by atoms with Crippen LogP contribution in [-0.2, 0) is 6.54 Å². The van der Waals surface area contributed by atoms with Crippen LogP contribution in [0.15, 0.2) is 12.4 Å². The average molecular weight is 289 g/mol. The highest BCUT2D eigenvalue weighted by atomic mass is 19.3. The second-order valence-electron chi connectivity index (χ2n) is 4.55. The predicted octanol–water partition coefficient (Wildman–Crippen LogP) is 3.98. The molecule has 0 atom stereocenters. The van der Waals surface area contributed by atoms with Crippen LogP contribution < -0.4 is 0 Å². The Morgan fingerprint density at radius 1 is 1.10 bits per heavy atom. The number of halogens is 2. The van der Waals surface area contributed by atoms with Gasteiger partial charge in [0.2, 0.25) is 0 Å². The second kappa shape index (κ2) is 9.86. The summed E-state index contributed by atoms with van der Waals surface area (Å²) in [6.45, 7) is 11.0. The number of alkyl halides is 2. The van der Waals surface area contributed by atoms with Gasteiger partial charge < -0.3 is 0 Å². The Morgan fingerprint density at radius 2 is 1.65 bits per heavy atom. The molecule has 1 aliphatic heterocycles. The maximum Gasteiger partial charge on any atom is 0.279 e. The van der Waals surface area contributed by atoms with E-state index in [1.807, 2.05) is 39.5 Å². The van der Waals surface area contributed by atoms with Crippen molar-refractivity contribution in [2.45, 2.75) is 59.9 Å². The summed E-state index contributed by atoms with van der Waals surface area (Å²) < 4.78 is 28.7. The largest absolute Gasteiger partial charge is 0.297 e. The normalized spacial score (nSPS) is 15.2. The van der Waals surface area contributed by atoms with E-state index in [4.69, 9.17) is 0 Å². The minimum Gasteiger partial charge on any atom is -0.297 e. The lowest BCUT2D eigenvalue weighted by atomic mass is 10.3. The molecular formula is C15H29F2N3. The van der Waals surface area contributed by atoms with Gasteiger partial charge in [-0.1, -0.05) is 27.7 Å². The highest BCUT2D eigenvalue weighted by Gasteiger charge is 2.33. The van der Waals surface area contributed by atoms with Crippen LogP contribution in [0.5, 0.6) is 0 Å². The van der Waals surface area contributed by atoms with Gasteiger partial charge in [-0.25, -0.2) is 8.78 Å². The predicted molar refractivity (Wildman–Crippen MR) is 80.3 cm³/mol. The molecule has 0 aliphatic carbocycles. The second-order valence-corrected chi connectivity index (χ2v) is 4.55. The molecule has 1 saturated heterocycles. The monoisotopic (exact) mass is 289 g/mol. The van der Waals surface area contributed by atoms with Crippen LogP contribution in [0.3, 0.4) is 0 Å². The van der Waals surface area contributed by atoms with E-state index in [0.717, 1.165) is 31.5 Å². The lowest BCUT2D eigenvalue weighted by Crippen LogP contribution is -2.38. The summed E-state index contributed by atoms with van der Waals surface area (Å²) in [4.78, 5) is 1.83. The molecule has 0 bridgehead atoms. The Labute approximate surface area is 122 Å². The van der Waals surface area contributed by atoms with Gasteiger partial charge in [-0.3, -0.25) is 9.58 Å². The van der Waals surface area contributed by atoms with Crippen LogP contribution in [0, 0.1) is 6.92 Å². The molecule has 118 valence electrons. The highest BCUT2D eigenvalue weighted by molar-refractivity contribution is 4.99. The minimum atomic E-state index is -2.69. The third kappa shape index (κ3) is 6.98. The molecule has 0 unspecified atom stereocenters. The van der Waals surface area contributed by atoms with Gasteiger partial charge in [0.15, 0.2) is 0 Å². The van der Waals surface area contributed by atoms with Crippen molar-refractivity contribution < 1.29 is 8.78 Å². The first-order valence-corrected chi connectivity index (χ1v) is 7.64. The van der Waals surface area contributed by atoms with Crippen molar-refractivity contribution in [3.8, 4) is 0 Å². The van der Waals surface area contributed by atoms with E-state index < -0.39 is 5.92 Å². The molecule has 2 heterocycles. The molecule has 0 spiro atoms. The van der Waals surface area contributed by atoms with Crippen LogP contribution in [0.25, 0.3) is 0 Å². The minimum absolute atomic E-state index is 0.147. The Bertz CT molecular complexity index is 345. The summed E-state index contributed by atoms with van der Waals surface area (Å²) in [5, 5.41) is 3.89. The van der Waals surface area contributed by atoms with Crippen molar-refractivity contribution in [1.29, 1.82) is 0 Å². The van der Waals surface area contributed by atoms with Crippen molar-refractivity contribution in [3.63, 3.8) is 0 Å². The first-order chi connectivity index (χ1) is 9.55. The summed E-state index contributed by atoms with van der Waals surface area (Å²) in [5.41, 5.74) is 0.914. The van der Waals surface area contributed by atoms with Crippen LogP contribution >= 0.6 is 0 Å². The molecule has 0 aromatic carbocycles. The topological polar surface area (TPSA) is 21.1 Å². The van der Waals surface area contributed by atoms with Crippen molar-refractivity contribution in [2.75, 3.05) is 19.6 Å². The molecule has 1 aromatic heterocycles. The molecule has 2 rings (SSSR count). The van der Waals surface area contributed by atoms with E-state index in [1.54, 1.807) is 12.4 Å². The number of hydrogen-bond acceptors (Lipinski definition) is 2. The number of aromatic nitrogens is 2. The summed E-state index contributed by atoms with van der Waals surface area (Å²) in [6, 6.07) is 0. The van der Waals surface area contributed by atoms with Crippen molar-refractivity contribution in [1.82, 2.24) is 14.7 Å². The zero-order valence-electron chi connectivity index (χ0n) is 13.5. The van der Waals surface area contributed by atoms with Gasteiger partial charge in [-0.05, 0) is 38.4 Å². The first-order valence-electron chi connectivity index (χ1n) is 7.64. The van der Waals surface area contributed by atoms with E-state index in [2.05, 4.69) is 5.10 Å². The summed E-state index contributed by atoms with van der Waals surface area (Å²) in [6.07, 6.45) is 5.33. The Kier molecular flexibility index (Phi) is 9.38. The fourth-order valence-electron chi connectivity index (χ4n) is 2.11. The zero-order chi connectivity index (χ0) is 15.6. The van der Waals surface area contributed by atoms with E-state index in [0.29, 0.717) is 0 Å². The molecule has 20 heavy (non-hydrogen) atoms. The molecule has 0 amide bonds. The van der Waals surface area contributed by atoms with Crippen LogP contribution in [0.4, 0.5) is 8.78 Å². The number of aryl methyl sites for hydroxylation is 1. The summed E-state index contributed by atoms with van der Waals surface area (Å²) in [5.74, 6) is -2.69. The van der Waals surface area contributed by atoms with E-state index in [1.165, 1.54) is 4.68 Å². The molecular weight excluding hydrogens is 260 g/mol. The van der Waals surface area contributed by atoms with E-state index in [-0.39, 0.29) is 13.1 Å². The fourth-order valence-corrected chi connectivity index (χ4v) is 2.11. The van der Waals surface area contributed by atoms with Gasteiger partial charge in [-0.15, -0.1) is 0 Å². The highest BCUT2D eigenvalue weighted by Crippen LogP contribution is 2.20. The number of hydrogen-bond donors (Lipinski definition) is 0. The average Bonchev–Trinajstić information content (AvgIpc) is 3.05. The first kappa shape index (κ1) is 19.0. The maximum absolute atomic E-state index is 13.7. The van der Waals surface area contributed by atoms with Crippen molar-refractivity contribution in [2.24, 2.45) is 0 Å². The lowest BCUT2D eigenvalue weighted by molar-refractivity contribution is -0.0443. The summed E-state index contributed by atoms with van der Waals surface area (Å²) in [7, 11) is 0. The van der Waals surface area contributed by atoms with Gasteiger partial charge in [0.05, 0.1) is 12.7 Å². The fraction of sp³-hybridized carbons (Fsp3) is 0.800. The number of nitrogens with zero attached hydrogens (tertiary/aromatic N) is 3. The molecule has 0 radical (unpaired) electrons. The third-order valence-corrected chi connectivity index (χ3v) is 2.81. The van der Waals surface area contributed by atoms with Gasteiger partial charge in [-0.2, -0.15) is 5.10 Å². The molecule has 3 nitrogen and oxygen atoms in total. The third-order valence-electron chi connectivity index (χ3n) is 2.81. The number of likely N-dealkylation sites (tertiary alicyclic amines) is 1. The zero-order valence-corrected chi connectivity index (χ0v) is 13.5. The smallest absolute Gasteiger partial charge is 0.279 e. The van der Waals surface area contributed by atoms with Gasteiger partial charge in [0, 0.05) is 6.20 Å². The lowest BCUT2D eigenvalue weighted by Gasteiger charge is -2.22. The van der Waals surface area contributed by atoms with Gasteiger partial charge in [0.1, 0.15) is 6.54 Å². The van der Waals surface area contributed by atoms with Crippen LogP contribution in [0.1, 0.15) is 46.1 Å². The van der Waals surface area contributed by atoms with Crippen LogP contribution in [-0.4, -0.2) is 40.2 Å². The van der Waals surface area contributed by atoms with Crippen molar-refractivity contribution >= 4 is 0 Å².